The third-order valence-corrected chi connectivity index (χ3v) is 6.19. The summed E-state index contributed by atoms with van der Waals surface area (Å²) in [4.78, 5) is 50.6. The summed E-state index contributed by atoms with van der Waals surface area (Å²) in [5.41, 5.74) is 11.8. The largest absolute Gasteiger partial charge is 0.508 e. The number of carboxylic acids is 1. The Bertz CT molecular complexity index is 894. The number of phenolic OH excluding ortho intramolecular Hbond substituents is 1. The number of carboxylic acid groups (broad SMARTS) is 1. The van der Waals surface area contributed by atoms with Gasteiger partial charge in [-0.2, -0.15) is 0 Å². The highest BCUT2D eigenvalue weighted by Gasteiger charge is 2.33. The molecule has 3 amide bonds. The third kappa shape index (κ3) is 10.7. The zero-order valence-electron chi connectivity index (χ0n) is 21.6. The van der Waals surface area contributed by atoms with Gasteiger partial charge in [-0.15, -0.1) is 0 Å². The number of benzene rings is 1. The topological polar surface area (TPSA) is 217 Å². The van der Waals surface area contributed by atoms with Crippen LogP contribution in [0.5, 0.6) is 5.75 Å². The molecule has 0 spiro atoms. The minimum absolute atomic E-state index is 0.0294. The molecule has 0 aliphatic heterocycles. The van der Waals surface area contributed by atoms with E-state index in [1.807, 2.05) is 6.92 Å². The highest BCUT2D eigenvalue weighted by molar-refractivity contribution is 5.94. The predicted octanol–water partition coefficient (Wildman–Crippen LogP) is -0.643. The number of hydrogen-bond donors (Lipinski definition) is 8. The molecule has 1 aromatic rings. The molecular weight excluding hydrogens is 482 g/mol. The number of carbonyl (C=O) groups is 4. The minimum Gasteiger partial charge on any atom is -0.508 e. The van der Waals surface area contributed by atoms with Gasteiger partial charge in [-0.05, 0) is 56.3 Å². The van der Waals surface area contributed by atoms with E-state index in [9.17, 15) is 34.5 Å². The summed E-state index contributed by atoms with van der Waals surface area (Å²) in [6, 6.07) is 1.32. The molecule has 10 N–H and O–H groups in total. The number of aliphatic hydroxyl groups excluding tert-OH is 1. The molecule has 0 aliphatic rings. The van der Waals surface area contributed by atoms with Crippen molar-refractivity contribution in [2.45, 2.75) is 83.1 Å². The number of phenols is 1. The first kappa shape index (κ1) is 31.8. The number of unbranched alkanes of at least 4 members (excludes halogenated alkanes) is 1. The van der Waals surface area contributed by atoms with Gasteiger partial charge in [0.05, 0.1) is 6.10 Å². The van der Waals surface area contributed by atoms with Gasteiger partial charge in [0.15, 0.2) is 0 Å². The van der Waals surface area contributed by atoms with E-state index in [4.69, 9.17) is 11.5 Å². The average Bonchev–Trinajstić information content (AvgIpc) is 2.86. The molecule has 0 aliphatic carbocycles. The Morgan fingerprint density at radius 1 is 0.919 bits per heavy atom. The zero-order chi connectivity index (χ0) is 28.1. The summed E-state index contributed by atoms with van der Waals surface area (Å²) in [6.07, 6.45) is 0.701. The number of aromatic hydroxyl groups is 1. The molecular formula is C25H41N5O7. The van der Waals surface area contributed by atoms with Gasteiger partial charge >= 0.3 is 5.97 Å². The lowest BCUT2D eigenvalue weighted by molar-refractivity contribution is -0.142. The van der Waals surface area contributed by atoms with Crippen LogP contribution in [0.4, 0.5) is 0 Å². The predicted molar refractivity (Wildman–Crippen MR) is 137 cm³/mol. The van der Waals surface area contributed by atoms with Crippen LogP contribution in [0, 0.1) is 5.92 Å². The number of aliphatic carboxylic acids is 1. The van der Waals surface area contributed by atoms with Crippen molar-refractivity contribution in [3.63, 3.8) is 0 Å². The first-order chi connectivity index (χ1) is 17.4. The summed E-state index contributed by atoms with van der Waals surface area (Å²) >= 11 is 0. The van der Waals surface area contributed by atoms with E-state index in [-0.39, 0.29) is 24.5 Å². The Hall–Kier alpha value is -3.22. The molecule has 1 aromatic carbocycles. The first-order valence-corrected chi connectivity index (χ1v) is 12.5. The van der Waals surface area contributed by atoms with Crippen molar-refractivity contribution < 1.29 is 34.5 Å². The molecule has 1 rings (SSSR count). The van der Waals surface area contributed by atoms with Gasteiger partial charge in [0, 0.05) is 6.42 Å². The summed E-state index contributed by atoms with van der Waals surface area (Å²) < 4.78 is 0. The van der Waals surface area contributed by atoms with E-state index in [0.717, 1.165) is 0 Å². The van der Waals surface area contributed by atoms with Gasteiger partial charge in [0.1, 0.15) is 29.9 Å². The first-order valence-electron chi connectivity index (χ1n) is 12.5. The molecule has 0 saturated carbocycles. The van der Waals surface area contributed by atoms with E-state index in [1.165, 1.54) is 19.1 Å². The molecule has 6 atom stereocenters. The summed E-state index contributed by atoms with van der Waals surface area (Å²) in [5, 5.41) is 36.4. The zero-order valence-corrected chi connectivity index (χ0v) is 21.6. The maximum atomic E-state index is 13.2. The van der Waals surface area contributed by atoms with Crippen molar-refractivity contribution >= 4 is 23.7 Å². The Kier molecular flexibility index (Phi) is 13.6. The maximum absolute atomic E-state index is 13.2. The maximum Gasteiger partial charge on any atom is 0.326 e. The lowest BCUT2D eigenvalue weighted by atomic mass is 9.96. The standard InChI is InChI=1S/C25H41N5O7/c1-4-14(2)21(24(35)29-19(25(36)37)13-16-8-10-17(32)11-9-16)30-22(33)18(7-5-6-12-26)28-23(34)20(27)15(3)31/h8-11,14-15,18-21,31-32H,4-7,12-13,26-27H2,1-3H3,(H,28,34)(H,29,35)(H,30,33)(H,36,37). The van der Waals surface area contributed by atoms with Gasteiger partial charge < -0.3 is 42.7 Å². The van der Waals surface area contributed by atoms with Gasteiger partial charge in [-0.1, -0.05) is 32.4 Å². The van der Waals surface area contributed by atoms with Gasteiger partial charge in [-0.25, -0.2) is 4.79 Å². The number of carbonyl (C=O) groups excluding carboxylic acids is 3. The fourth-order valence-corrected chi connectivity index (χ4v) is 3.53. The number of amides is 3. The number of rotatable bonds is 16. The molecule has 208 valence electrons. The quantitative estimate of drug-likeness (QED) is 0.129. The fraction of sp³-hybridized carbons (Fsp3) is 0.600. The molecule has 0 fully saturated rings. The summed E-state index contributed by atoms with van der Waals surface area (Å²) in [7, 11) is 0. The monoisotopic (exact) mass is 523 g/mol. The summed E-state index contributed by atoms with van der Waals surface area (Å²) in [5.74, 6) is -3.61. The molecule has 12 nitrogen and oxygen atoms in total. The van der Waals surface area contributed by atoms with Crippen LogP contribution in [-0.2, 0) is 25.6 Å². The average molecular weight is 524 g/mol. The van der Waals surface area contributed by atoms with Crippen LogP contribution in [0.2, 0.25) is 0 Å². The van der Waals surface area contributed by atoms with E-state index in [0.29, 0.717) is 31.4 Å². The Balaban J connectivity index is 3.04. The van der Waals surface area contributed by atoms with Gasteiger partial charge in [0.25, 0.3) is 0 Å². The number of nitrogens with two attached hydrogens (primary N) is 2. The van der Waals surface area contributed by atoms with Crippen LogP contribution in [-0.4, -0.2) is 75.8 Å². The van der Waals surface area contributed by atoms with Crippen LogP contribution in [0.1, 0.15) is 52.0 Å². The normalized spacial score (nSPS) is 15.9. The lowest BCUT2D eigenvalue weighted by Crippen LogP contribution is -2.59. The van der Waals surface area contributed by atoms with Crippen LogP contribution in [0.3, 0.4) is 0 Å². The molecule has 0 bridgehead atoms. The summed E-state index contributed by atoms with van der Waals surface area (Å²) in [6.45, 7) is 5.31. The van der Waals surface area contributed by atoms with Crippen LogP contribution < -0.4 is 27.4 Å². The van der Waals surface area contributed by atoms with Gasteiger partial charge in [0.2, 0.25) is 17.7 Å². The van der Waals surface area contributed by atoms with E-state index >= 15 is 0 Å². The van der Waals surface area contributed by atoms with Crippen molar-refractivity contribution in [1.82, 2.24) is 16.0 Å². The molecule has 0 aromatic heterocycles. The van der Waals surface area contributed by atoms with E-state index in [2.05, 4.69) is 16.0 Å². The minimum atomic E-state index is -1.27. The Morgan fingerprint density at radius 3 is 2.03 bits per heavy atom. The number of aliphatic hydroxyl groups is 1. The van der Waals surface area contributed by atoms with Crippen LogP contribution in [0.25, 0.3) is 0 Å². The lowest BCUT2D eigenvalue weighted by Gasteiger charge is -2.28. The molecule has 6 unspecified atom stereocenters. The van der Waals surface area contributed by atoms with Crippen molar-refractivity contribution in [1.29, 1.82) is 0 Å². The van der Waals surface area contributed by atoms with Crippen molar-refractivity contribution in [3.8, 4) is 5.75 Å². The SMILES string of the molecule is CCC(C)C(NC(=O)C(CCCCN)NC(=O)C(N)C(C)O)C(=O)NC(Cc1ccc(O)cc1)C(=O)O. The van der Waals surface area contributed by atoms with Crippen LogP contribution >= 0.6 is 0 Å². The van der Waals surface area contributed by atoms with Crippen molar-refractivity contribution in [2.75, 3.05) is 6.54 Å². The molecule has 0 saturated heterocycles. The van der Waals surface area contributed by atoms with Crippen molar-refractivity contribution in [3.05, 3.63) is 29.8 Å². The Morgan fingerprint density at radius 2 is 1.51 bits per heavy atom. The third-order valence-electron chi connectivity index (χ3n) is 6.19. The number of nitrogens with one attached hydrogen (secondary N) is 3. The molecule has 0 radical (unpaired) electrons. The number of hydrogen-bond acceptors (Lipinski definition) is 8. The Labute approximate surface area is 217 Å². The van der Waals surface area contributed by atoms with E-state index in [1.54, 1.807) is 19.1 Å². The second-order valence-corrected chi connectivity index (χ2v) is 9.25. The fourth-order valence-electron chi connectivity index (χ4n) is 3.53. The molecule has 0 heterocycles. The van der Waals surface area contributed by atoms with Crippen LogP contribution in [0.15, 0.2) is 24.3 Å². The second kappa shape index (κ2) is 15.8. The molecule has 37 heavy (non-hydrogen) atoms. The molecule has 12 heteroatoms. The van der Waals surface area contributed by atoms with E-state index < -0.39 is 54.0 Å². The highest BCUT2D eigenvalue weighted by Crippen LogP contribution is 2.13. The highest BCUT2D eigenvalue weighted by atomic mass is 16.4. The smallest absolute Gasteiger partial charge is 0.326 e. The second-order valence-electron chi connectivity index (χ2n) is 9.25. The van der Waals surface area contributed by atoms with Gasteiger partial charge in [-0.3, -0.25) is 14.4 Å². The van der Waals surface area contributed by atoms with Crippen molar-refractivity contribution in [2.24, 2.45) is 17.4 Å².